The Morgan fingerprint density at radius 2 is 2.05 bits per heavy atom. The number of ether oxygens (including phenoxy) is 1. The summed E-state index contributed by atoms with van der Waals surface area (Å²) in [6.45, 7) is 6.26. The SMILES string of the molecule is COc1ccccc1N(C)CC(C)(NC(C)C)C(N)=O. The molecule has 0 aliphatic carbocycles. The Hall–Kier alpha value is -1.75. The topological polar surface area (TPSA) is 67.6 Å². The average Bonchev–Trinajstić information content (AvgIpc) is 2.37. The zero-order valence-electron chi connectivity index (χ0n) is 12.9. The van der Waals surface area contributed by atoms with Gasteiger partial charge in [0.15, 0.2) is 0 Å². The van der Waals surface area contributed by atoms with Gasteiger partial charge < -0.3 is 15.4 Å². The molecule has 0 heterocycles. The molecule has 1 amide bonds. The van der Waals surface area contributed by atoms with Gasteiger partial charge in [0.05, 0.1) is 12.8 Å². The second kappa shape index (κ2) is 6.61. The first kappa shape index (κ1) is 16.3. The summed E-state index contributed by atoms with van der Waals surface area (Å²) in [5.74, 6) is 0.402. The normalized spacial score (nSPS) is 13.9. The summed E-state index contributed by atoms with van der Waals surface area (Å²) < 4.78 is 5.34. The van der Waals surface area contributed by atoms with Gasteiger partial charge in [0.25, 0.3) is 0 Å². The molecular weight excluding hydrogens is 254 g/mol. The van der Waals surface area contributed by atoms with Gasteiger partial charge in [-0.05, 0) is 32.9 Å². The second-order valence-electron chi connectivity index (χ2n) is 5.52. The van der Waals surface area contributed by atoms with Crippen molar-refractivity contribution in [3.63, 3.8) is 0 Å². The van der Waals surface area contributed by atoms with E-state index in [0.717, 1.165) is 11.4 Å². The number of likely N-dealkylation sites (N-methyl/N-ethyl adjacent to an activating group) is 1. The summed E-state index contributed by atoms with van der Waals surface area (Å²) >= 11 is 0. The highest BCUT2D eigenvalue weighted by atomic mass is 16.5. The van der Waals surface area contributed by atoms with E-state index in [1.54, 1.807) is 7.11 Å². The number of nitrogens with zero attached hydrogens (tertiary/aromatic N) is 1. The number of rotatable bonds is 7. The molecule has 1 unspecified atom stereocenters. The Morgan fingerprint density at radius 3 is 2.55 bits per heavy atom. The van der Waals surface area contributed by atoms with Crippen molar-refractivity contribution in [3.8, 4) is 5.75 Å². The molecule has 0 radical (unpaired) electrons. The highest BCUT2D eigenvalue weighted by Crippen LogP contribution is 2.27. The molecule has 0 spiro atoms. The number of nitrogens with two attached hydrogens (primary N) is 1. The summed E-state index contributed by atoms with van der Waals surface area (Å²) in [4.78, 5) is 13.8. The van der Waals surface area contributed by atoms with E-state index in [2.05, 4.69) is 5.32 Å². The van der Waals surface area contributed by atoms with E-state index in [9.17, 15) is 4.79 Å². The van der Waals surface area contributed by atoms with Gasteiger partial charge in [-0.2, -0.15) is 0 Å². The van der Waals surface area contributed by atoms with Gasteiger partial charge in [-0.15, -0.1) is 0 Å². The Balaban J connectivity index is 2.96. The van der Waals surface area contributed by atoms with E-state index in [1.807, 2.05) is 57.0 Å². The first-order valence-electron chi connectivity index (χ1n) is 6.72. The zero-order valence-corrected chi connectivity index (χ0v) is 12.9. The quantitative estimate of drug-likeness (QED) is 0.791. The van der Waals surface area contributed by atoms with Crippen LogP contribution in [0.3, 0.4) is 0 Å². The van der Waals surface area contributed by atoms with Crippen LogP contribution in [-0.2, 0) is 4.79 Å². The molecule has 0 aliphatic rings. The van der Waals surface area contributed by atoms with E-state index in [4.69, 9.17) is 10.5 Å². The molecule has 0 bridgehead atoms. The Bertz CT molecular complexity index is 462. The number of nitrogens with one attached hydrogen (secondary N) is 1. The minimum absolute atomic E-state index is 0.165. The predicted molar refractivity (Wildman–Crippen MR) is 82.1 cm³/mol. The molecule has 0 aromatic heterocycles. The molecule has 5 heteroatoms. The molecule has 0 aliphatic heterocycles. The van der Waals surface area contributed by atoms with E-state index < -0.39 is 5.54 Å². The van der Waals surface area contributed by atoms with Crippen molar-refractivity contribution in [3.05, 3.63) is 24.3 Å². The van der Waals surface area contributed by atoms with E-state index in [1.165, 1.54) is 0 Å². The molecule has 0 saturated heterocycles. The Morgan fingerprint density at radius 1 is 1.45 bits per heavy atom. The highest BCUT2D eigenvalue weighted by Gasteiger charge is 2.33. The number of amides is 1. The third-order valence-electron chi connectivity index (χ3n) is 3.20. The minimum atomic E-state index is -0.802. The molecule has 5 nitrogen and oxygen atoms in total. The fourth-order valence-corrected chi connectivity index (χ4v) is 2.34. The van der Waals surface area contributed by atoms with Crippen molar-refractivity contribution in [1.29, 1.82) is 0 Å². The fraction of sp³-hybridized carbons (Fsp3) is 0.533. The molecule has 1 atom stereocenters. The second-order valence-corrected chi connectivity index (χ2v) is 5.52. The third-order valence-corrected chi connectivity index (χ3v) is 3.20. The lowest BCUT2D eigenvalue weighted by Gasteiger charge is -2.35. The number of hydrogen-bond donors (Lipinski definition) is 2. The highest BCUT2D eigenvalue weighted by molar-refractivity contribution is 5.85. The van der Waals surface area contributed by atoms with E-state index in [0.29, 0.717) is 6.54 Å². The molecule has 3 N–H and O–H groups in total. The van der Waals surface area contributed by atoms with Crippen molar-refractivity contribution in [2.24, 2.45) is 5.73 Å². The maximum absolute atomic E-state index is 11.8. The van der Waals surface area contributed by atoms with Crippen LogP contribution >= 0.6 is 0 Å². The minimum Gasteiger partial charge on any atom is -0.495 e. The van der Waals surface area contributed by atoms with Crippen LogP contribution in [0.5, 0.6) is 5.75 Å². The number of carbonyl (C=O) groups excluding carboxylic acids is 1. The lowest BCUT2D eigenvalue weighted by molar-refractivity contribution is -0.123. The van der Waals surface area contributed by atoms with Crippen molar-refractivity contribution < 1.29 is 9.53 Å². The lowest BCUT2D eigenvalue weighted by atomic mass is 9.99. The first-order valence-corrected chi connectivity index (χ1v) is 6.72. The summed E-state index contributed by atoms with van der Waals surface area (Å²) in [5, 5.41) is 3.24. The van der Waals surface area contributed by atoms with Crippen LogP contribution < -0.4 is 20.7 Å². The number of para-hydroxylation sites is 2. The molecule has 1 aromatic rings. The maximum atomic E-state index is 11.8. The van der Waals surface area contributed by atoms with Gasteiger partial charge in [-0.25, -0.2) is 0 Å². The van der Waals surface area contributed by atoms with Crippen molar-refractivity contribution in [2.75, 3.05) is 25.6 Å². The number of benzene rings is 1. The van der Waals surface area contributed by atoms with Crippen LogP contribution in [0.1, 0.15) is 20.8 Å². The largest absolute Gasteiger partial charge is 0.495 e. The summed E-state index contributed by atoms with van der Waals surface area (Å²) in [6, 6.07) is 7.86. The smallest absolute Gasteiger partial charge is 0.239 e. The van der Waals surface area contributed by atoms with E-state index in [-0.39, 0.29) is 11.9 Å². The summed E-state index contributed by atoms with van der Waals surface area (Å²) in [7, 11) is 3.55. The van der Waals surface area contributed by atoms with Crippen LogP contribution in [0.15, 0.2) is 24.3 Å². The number of methoxy groups -OCH3 is 1. The molecule has 0 fully saturated rings. The van der Waals surface area contributed by atoms with Crippen molar-refractivity contribution in [1.82, 2.24) is 5.32 Å². The molecule has 0 saturated carbocycles. The molecule has 112 valence electrons. The van der Waals surface area contributed by atoms with Gasteiger partial charge in [0.2, 0.25) is 5.91 Å². The number of primary amides is 1. The lowest BCUT2D eigenvalue weighted by Crippen LogP contribution is -2.61. The van der Waals surface area contributed by atoms with Gasteiger partial charge >= 0.3 is 0 Å². The molecule has 1 aromatic carbocycles. The number of hydrogen-bond acceptors (Lipinski definition) is 4. The van der Waals surface area contributed by atoms with Crippen LogP contribution in [0.2, 0.25) is 0 Å². The Kier molecular flexibility index (Phi) is 5.39. The fourth-order valence-electron chi connectivity index (χ4n) is 2.34. The first-order chi connectivity index (χ1) is 9.30. The molecule has 1 rings (SSSR count). The number of carbonyl (C=O) groups is 1. The van der Waals surface area contributed by atoms with Crippen LogP contribution in [0.4, 0.5) is 5.69 Å². The maximum Gasteiger partial charge on any atom is 0.239 e. The Labute approximate surface area is 121 Å². The van der Waals surface area contributed by atoms with Gasteiger partial charge in [-0.3, -0.25) is 10.1 Å². The standard InChI is InChI=1S/C15H25N3O2/c1-11(2)17-15(3,14(16)19)10-18(4)12-8-6-7-9-13(12)20-5/h6-9,11,17H,10H2,1-5H3,(H2,16,19). The average molecular weight is 279 g/mol. The predicted octanol–water partition coefficient (Wildman–Crippen LogP) is 1.37. The van der Waals surface area contributed by atoms with Gasteiger partial charge in [0.1, 0.15) is 11.3 Å². The van der Waals surface area contributed by atoms with Crippen molar-refractivity contribution >= 4 is 11.6 Å². The summed E-state index contributed by atoms with van der Waals surface area (Å²) in [6.07, 6.45) is 0. The zero-order chi connectivity index (χ0) is 15.3. The van der Waals surface area contributed by atoms with Crippen LogP contribution in [0, 0.1) is 0 Å². The molecular formula is C15H25N3O2. The van der Waals surface area contributed by atoms with Gasteiger partial charge in [-0.1, -0.05) is 12.1 Å². The third kappa shape index (κ3) is 3.87. The van der Waals surface area contributed by atoms with E-state index >= 15 is 0 Å². The van der Waals surface area contributed by atoms with Gasteiger partial charge in [0, 0.05) is 19.6 Å². The summed E-state index contributed by atoms with van der Waals surface area (Å²) in [5.41, 5.74) is 5.68. The van der Waals surface area contributed by atoms with Crippen molar-refractivity contribution in [2.45, 2.75) is 32.4 Å². The van der Waals surface area contributed by atoms with Crippen LogP contribution in [-0.4, -0.2) is 38.2 Å². The number of anilines is 1. The van der Waals surface area contributed by atoms with Crippen LogP contribution in [0.25, 0.3) is 0 Å². The monoisotopic (exact) mass is 279 g/mol. The molecule has 20 heavy (non-hydrogen) atoms.